The van der Waals surface area contributed by atoms with E-state index in [4.69, 9.17) is 9.52 Å². The largest absolute Gasteiger partial charge is 0.478 e. The van der Waals surface area contributed by atoms with Gasteiger partial charge in [0.1, 0.15) is 22.9 Å². The van der Waals surface area contributed by atoms with E-state index >= 15 is 0 Å². The van der Waals surface area contributed by atoms with E-state index in [1.54, 1.807) is 13.0 Å². The van der Waals surface area contributed by atoms with E-state index in [9.17, 15) is 14.0 Å². The van der Waals surface area contributed by atoms with Crippen LogP contribution in [0.25, 0.3) is 0 Å². The van der Waals surface area contributed by atoms with Crippen LogP contribution in [-0.4, -0.2) is 28.9 Å². The molecule has 0 bridgehead atoms. The second kappa shape index (κ2) is 6.01. The van der Waals surface area contributed by atoms with E-state index in [2.05, 4.69) is 0 Å². The van der Waals surface area contributed by atoms with Crippen LogP contribution in [0.15, 0.2) is 28.7 Å². The molecule has 5 nitrogen and oxygen atoms in total. The highest BCUT2D eigenvalue weighted by atomic mass is 19.1. The molecule has 22 heavy (non-hydrogen) atoms. The third-order valence-electron chi connectivity index (χ3n) is 3.29. The van der Waals surface area contributed by atoms with Gasteiger partial charge in [-0.15, -0.1) is 0 Å². The van der Waals surface area contributed by atoms with Crippen LogP contribution >= 0.6 is 0 Å². The second-order valence-electron chi connectivity index (χ2n) is 5.13. The number of carbonyl (C=O) groups is 2. The van der Waals surface area contributed by atoms with Gasteiger partial charge in [-0.3, -0.25) is 4.79 Å². The van der Waals surface area contributed by atoms with Crippen molar-refractivity contribution in [3.8, 4) is 0 Å². The lowest BCUT2D eigenvalue weighted by molar-refractivity contribution is 0.0694. The molecular weight excluding hydrogens is 289 g/mol. The highest BCUT2D eigenvalue weighted by Gasteiger charge is 2.20. The number of hydrogen-bond acceptors (Lipinski definition) is 3. The summed E-state index contributed by atoms with van der Waals surface area (Å²) in [5.41, 5.74) is 0.807. The molecule has 0 saturated carbocycles. The van der Waals surface area contributed by atoms with Crippen molar-refractivity contribution in [2.24, 2.45) is 0 Å². The first kappa shape index (κ1) is 15.8. The van der Waals surface area contributed by atoms with E-state index < -0.39 is 17.7 Å². The molecule has 2 rings (SSSR count). The molecule has 0 saturated heterocycles. The Labute approximate surface area is 127 Å². The Bertz CT molecular complexity index is 736. The molecule has 0 fully saturated rings. The molecule has 1 amide bonds. The fourth-order valence-corrected chi connectivity index (χ4v) is 2.15. The average Bonchev–Trinajstić information content (AvgIpc) is 2.81. The quantitative estimate of drug-likeness (QED) is 0.942. The van der Waals surface area contributed by atoms with Gasteiger partial charge in [-0.25, -0.2) is 9.18 Å². The summed E-state index contributed by atoms with van der Waals surface area (Å²) < 4.78 is 19.1. The van der Waals surface area contributed by atoms with Gasteiger partial charge in [-0.2, -0.15) is 0 Å². The normalized spacial score (nSPS) is 10.5. The number of aromatic carboxylic acids is 1. The number of carboxylic acids is 1. The van der Waals surface area contributed by atoms with Gasteiger partial charge in [0.25, 0.3) is 5.91 Å². The molecule has 1 aromatic carbocycles. The minimum atomic E-state index is -1.09. The monoisotopic (exact) mass is 305 g/mol. The number of halogens is 1. The van der Waals surface area contributed by atoms with E-state index in [1.165, 1.54) is 37.1 Å². The van der Waals surface area contributed by atoms with Gasteiger partial charge in [0.15, 0.2) is 0 Å². The smallest absolute Gasteiger partial charge is 0.339 e. The zero-order valence-electron chi connectivity index (χ0n) is 12.5. The molecule has 1 N–H and O–H groups in total. The minimum absolute atomic E-state index is 0.0239. The summed E-state index contributed by atoms with van der Waals surface area (Å²) in [6.45, 7) is 3.36. The molecule has 0 atom stereocenters. The summed E-state index contributed by atoms with van der Waals surface area (Å²) in [6, 6.07) is 5.68. The Balaban J connectivity index is 2.20. The first-order chi connectivity index (χ1) is 10.3. The fourth-order valence-electron chi connectivity index (χ4n) is 2.15. The van der Waals surface area contributed by atoms with Gasteiger partial charge >= 0.3 is 5.97 Å². The van der Waals surface area contributed by atoms with Crippen LogP contribution in [0.4, 0.5) is 4.39 Å². The van der Waals surface area contributed by atoms with Crippen LogP contribution in [0.5, 0.6) is 0 Å². The third kappa shape index (κ3) is 3.16. The van der Waals surface area contributed by atoms with Crippen LogP contribution in [0, 0.1) is 19.7 Å². The average molecular weight is 305 g/mol. The minimum Gasteiger partial charge on any atom is -0.478 e. The van der Waals surface area contributed by atoms with Crippen LogP contribution in [0.1, 0.15) is 37.8 Å². The molecule has 0 aliphatic heterocycles. The van der Waals surface area contributed by atoms with Gasteiger partial charge in [0.05, 0.1) is 12.1 Å². The molecule has 2 aromatic rings. The first-order valence-electron chi connectivity index (χ1n) is 6.64. The molecule has 0 radical (unpaired) electrons. The first-order valence-corrected chi connectivity index (χ1v) is 6.64. The third-order valence-corrected chi connectivity index (χ3v) is 3.29. The lowest BCUT2D eigenvalue weighted by atomic mass is 10.1. The van der Waals surface area contributed by atoms with Crippen molar-refractivity contribution in [1.82, 2.24) is 4.90 Å². The summed E-state index contributed by atoms with van der Waals surface area (Å²) in [6.07, 6.45) is 0. The topological polar surface area (TPSA) is 70.8 Å². The number of furan rings is 1. The number of nitrogens with zero attached hydrogens (tertiary/aromatic N) is 1. The summed E-state index contributed by atoms with van der Waals surface area (Å²) in [5, 5.41) is 8.98. The van der Waals surface area contributed by atoms with E-state index in [-0.39, 0.29) is 23.4 Å². The van der Waals surface area contributed by atoms with Crippen molar-refractivity contribution >= 4 is 11.9 Å². The van der Waals surface area contributed by atoms with Crippen molar-refractivity contribution in [3.63, 3.8) is 0 Å². The van der Waals surface area contributed by atoms with Gasteiger partial charge in [0.2, 0.25) is 0 Å². The highest BCUT2D eigenvalue weighted by molar-refractivity contribution is 5.94. The number of carbonyl (C=O) groups excluding carboxylic acids is 1. The molecule has 0 aliphatic rings. The van der Waals surface area contributed by atoms with Crippen LogP contribution in [0.2, 0.25) is 0 Å². The number of rotatable bonds is 4. The van der Waals surface area contributed by atoms with Crippen LogP contribution in [-0.2, 0) is 6.54 Å². The zero-order chi connectivity index (χ0) is 16.4. The number of carboxylic acid groups (broad SMARTS) is 1. The molecule has 0 aliphatic carbocycles. The van der Waals surface area contributed by atoms with Crippen molar-refractivity contribution in [2.45, 2.75) is 20.4 Å². The Morgan fingerprint density at radius 3 is 2.50 bits per heavy atom. The van der Waals surface area contributed by atoms with Crippen molar-refractivity contribution in [3.05, 3.63) is 58.3 Å². The van der Waals surface area contributed by atoms with Gasteiger partial charge in [-0.1, -0.05) is 11.6 Å². The lowest BCUT2D eigenvalue weighted by Gasteiger charge is -2.16. The number of aryl methyl sites for hydroxylation is 2. The van der Waals surface area contributed by atoms with Crippen molar-refractivity contribution in [1.29, 1.82) is 0 Å². The van der Waals surface area contributed by atoms with Crippen molar-refractivity contribution < 1.29 is 23.5 Å². The predicted octanol–water partition coefficient (Wildman–Crippen LogP) is 3.01. The molecular formula is C16H16FNO4. The Morgan fingerprint density at radius 2 is 1.91 bits per heavy atom. The summed E-state index contributed by atoms with van der Waals surface area (Å²) in [5.74, 6) is -1.58. The molecule has 0 spiro atoms. The molecule has 1 heterocycles. The van der Waals surface area contributed by atoms with E-state index in [0.29, 0.717) is 5.76 Å². The molecule has 116 valence electrons. The molecule has 6 heteroatoms. The van der Waals surface area contributed by atoms with Gasteiger partial charge in [-0.05, 0) is 32.0 Å². The van der Waals surface area contributed by atoms with Gasteiger partial charge < -0.3 is 14.4 Å². The Kier molecular flexibility index (Phi) is 4.30. The van der Waals surface area contributed by atoms with Crippen LogP contribution in [0.3, 0.4) is 0 Å². The molecule has 1 aromatic heterocycles. The second-order valence-corrected chi connectivity index (χ2v) is 5.13. The maximum absolute atomic E-state index is 13.7. The van der Waals surface area contributed by atoms with Crippen molar-refractivity contribution in [2.75, 3.05) is 7.05 Å². The highest BCUT2D eigenvalue weighted by Crippen LogP contribution is 2.18. The Hall–Kier alpha value is -2.63. The molecule has 0 unspecified atom stereocenters. The fraction of sp³-hybridized carbons (Fsp3) is 0.250. The summed E-state index contributed by atoms with van der Waals surface area (Å²) >= 11 is 0. The maximum atomic E-state index is 13.7. The number of amides is 1. The lowest BCUT2D eigenvalue weighted by Crippen LogP contribution is -2.27. The van der Waals surface area contributed by atoms with Crippen LogP contribution < -0.4 is 0 Å². The standard InChI is InChI=1S/C16H16FNO4/c1-9-4-5-14(17)13(6-9)15(19)18(3)8-11-7-12(16(20)21)10(2)22-11/h4-7H,8H2,1-3H3,(H,20,21). The summed E-state index contributed by atoms with van der Waals surface area (Å²) in [7, 11) is 1.50. The van der Waals surface area contributed by atoms with E-state index in [0.717, 1.165) is 5.56 Å². The predicted molar refractivity (Wildman–Crippen MR) is 77.3 cm³/mol. The zero-order valence-corrected chi connectivity index (χ0v) is 12.5. The number of hydrogen-bond donors (Lipinski definition) is 1. The van der Waals surface area contributed by atoms with Gasteiger partial charge in [0, 0.05) is 7.05 Å². The SMILES string of the molecule is Cc1ccc(F)c(C(=O)N(C)Cc2cc(C(=O)O)c(C)o2)c1. The Morgan fingerprint density at radius 1 is 1.23 bits per heavy atom. The summed E-state index contributed by atoms with van der Waals surface area (Å²) in [4.78, 5) is 24.5. The number of benzene rings is 1. The van der Waals surface area contributed by atoms with E-state index in [1.807, 2.05) is 0 Å². The maximum Gasteiger partial charge on any atom is 0.339 e.